The molecule has 0 radical (unpaired) electrons. The Bertz CT molecular complexity index is 810. The summed E-state index contributed by atoms with van der Waals surface area (Å²) >= 11 is 5.99. The maximum atomic E-state index is 12.2. The number of anilines is 2. The third-order valence-corrected chi connectivity index (χ3v) is 5.08. The van der Waals surface area contributed by atoms with Gasteiger partial charge in [-0.1, -0.05) is 23.7 Å². The average molecular weight is 388 g/mol. The van der Waals surface area contributed by atoms with E-state index in [1.165, 1.54) is 23.2 Å². The average Bonchev–Trinajstić information content (AvgIpc) is 2.67. The van der Waals surface area contributed by atoms with Crippen LogP contribution in [0.5, 0.6) is 5.75 Å². The van der Waals surface area contributed by atoms with E-state index in [2.05, 4.69) is 40.7 Å². The highest BCUT2D eigenvalue weighted by Crippen LogP contribution is 2.28. The van der Waals surface area contributed by atoms with Gasteiger partial charge in [-0.05, 0) is 61.6 Å². The fourth-order valence-corrected chi connectivity index (χ4v) is 3.65. The van der Waals surface area contributed by atoms with Crippen molar-refractivity contribution < 1.29 is 9.53 Å². The van der Waals surface area contributed by atoms with Gasteiger partial charge in [0.25, 0.3) is 0 Å². The van der Waals surface area contributed by atoms with Crippen LogP contribution in [0.15, 0.2) is 36.4 Å². The smallest absolute Gasteiger partial charge is 0.319 e. The van der Waals surface area contributed by atoms with Crippen molar-refractivity contribution in [1.29, 1.82) is 0 Å². The van der Waals surface area contributed by atoms with Gasteiger partial charge in [0, 0.05) is 30.3 Å². The number of carbonyl (C=O) groups excluding carboxylic acids is 1. The molecule has 1 heterocycles. The number of aryl methyl sites for hydroxylation is 1. The van der Waals surface area contributed by atoms with Crippen LogP contribution in [0.1, 0.15) is 24.5 Å². The largest absolute Gasteiger partial charge is 0.495 e. The highest BCUT2D eigenvalue weighted by atomic mass is 35.5. The van der Waals surface area contributed by atoms with Crippen molar-refractivity contribution in [3.05, 3.63) is 52.5 Å². The highest BCUT2D eigenvalue weighted by Gasteiger charge is 2.15. The number of benzene rings is 2. The van der Waals surface area contributed by atoms with Gasteiger partial charge in [-0.15, -0.1) is 0 Å². The number of urea groups is 1. The summed E-state index contributed by atoms with van der Waals surface area (Å²) in [5, 5.41) is 6.22. The lowest BCUT2D eigenvalue weighted by atomic mass is 9.98. The maximum absolute atomic E-state index is 12.2. The van der Waals surface area contributed by atoms with E-state index >= 15 is 0 Å². The van der Waals surface area contributed by atoms with Gasteiger partial charge in [-0.25, -0.2) is 4.79 Å². The van der Waals surface area contributed by atoms with E-state index in [1.54, 1.807) is 25.3 Å². The Morgan fingerprint density at radius 1 is 1.26 bits per heavy atom. The van der Waals surface area contributed by atoms with E-state index in [0.717, 1.165) is 25.9 Å². The summed E-state index contributed by atoms with van der Waals surface area (Å²) in [7, 11) is 1.56. The third kappa shape index (κ3) is 4.86. The molecule has 5 nitrogen and oxygen atoms in total. The van der Waals surface area contributed by atoms with Crippen LogP contribution >= 0.6 is 11.6 Å². The number of hydrogen-bond donors (Lipinski definition) is 2. The van der Waals surface area contributed by atoms with E-state index in [-0.39, 0.29) is 6.03 Å². The normalized spacial score (nSPS) is 13.1. The third-order valence-electron chi connectivity index (χ3n) is 4.85. The standard InChI is InChI=1S/C21H26ClN3O2/c1-3-25-12-4-5-16-13-15(6-8-19(16)25)10-11-23-21(26)24-18-14-17(22)7-9-20(18)27-2/h6-9,13-14H,3-5,10-12H2,1-2H3,(H2,23,24,26). The number of rotatable bonds is 6. The number of carbonyl (C=O) groups is 1. The van der Waals surface area contributed by atoms with E-state index in [4.69, 9.17) is 16.3 Å². The van der Waals surface area contributed by atoms with Crippen LogP contribution in [-0.4, -0.2) is 32.8 Å². The number of hydrogen-bond acceptors (Lipinski definition) is 3. The topological polar surface area (TPSA) is 53.6 Å². The molecule has 27 heavy (non-hydrogen) atoms. The molecule has 0 aromatic heterocycles. The zero-order chi connectivity index (χ0) is 19.2. The van der Waals surface area contributed by atoms with Crippen LogP contribution < -0.4 is 20.3 Å². The monoisotopic (exact) mass is 387 g/mol. The second kappa shape index (κ2) is 9.00. The minimum atomic E-state index is -0.273. The number of halogens is 1. The number of nitrogens with one attached hydrogen (secondary N) is 2. The van der Waals surface area contributed by atoms with E-state index in [1.807, 2.05) is 0 Å². The maximum Gasteiger partial charge on any atom is 0.319 e. The predicted octanol–water partition coefficient (Wildman–Crippen LogP) is 4.49. The van der Waals surface area contributed by atoms with Crippen LogP contribution in [0.2, 0.25) is 5.02 Å². The molecule has 2 aromatic carbocycles. The Hall–Kier alpha value is -2.40. The Kier molecular flexibility index (Phi) is 6.45. The number of methoxy groups -OCH3 is 1. The van der Waals surface area contributed by atoms with Gasteiger partial charge < -0.3 is 20.3 Å². The first-order valence-corrected chi connectivity index (χ1v) is 9.73. The molecule has 0 saturated carbocycles. The first-order chi connectivity index (χ1) is 13.1. The molecule has 2 amide bonds. The van der Waals surface area contributed by atoms with Crippen LogP contribution in [0, 0.1) is 0 Å². The second-order valence-corrected chi connectivity index (χ2v) is 7.06. The van der Waals surface area contributed by atoms with Gasteiger partial charge in [0.1, 0.15) is 5.75 Å². The van der Waals surface area contributed by atoms with E-state index in [0.29, 0.717) is 23.0 Å². The molecule has 0 bridgehead atoms. The number of amides is 2. The highest BCUT2D eigenvalue weighted by molar-refractivity contribution is 6.31. The molecule has 6 heteroatoms. The molecular formula is C21H26ClN3O2. The molecule has 0 aliphatic carbocycles. The van der Waals surface area contributed by atoms with Crippen molar-refractivity contribution in [2.75, 3.05) is 37.0 Å². The zero-order valence-electron chi connectivity index (χ0n) is 15.8. The fraction of sp³-hybridized carbons (Fsp3) is 0.381. The van der Waals surface area contributed by atoms with Crippen molar-refractivity contribution in [3.63, 3.8) is 0 Å². The lowest BCUT2D eigenvalue weighted by molar-refractivity contribution is 0.252. The van der Waals surface area contributed by atoms with E-state index in [9.17, 15) is 4.79 Å². The number of ether oxygens (including phenoxy) is 1. The molecule has 3 rings (SSSR count). The molecular weight excluding hydrogens is 362 g/mol. The quantitative estimate of drug-likeness (QED) is 0.768. The van der Waals surface area contributed by atoms with Crippen LogP contribution in [-0.2, 0) is 12.8 Å². The first-order valence-electron chi connectivity index (χ1n) is 9.36. The summed E-state index contributed by atoms with van der Waals surface area (Å²) in [6.07, 6.45) is 3.12. The van der Waals surface area contributed by atoms with E-state index < -0.39 is 0 Å². The first kappa shape index (κ1) is 19.4. The molecule has 0 unspecified atom stereocenters. The summed E-state index contributed by atoms with van der Waals surface area (Å²) in [5.41, 5.74) is 4.56. The van der Waals surface area contributed by atoms with Crippen molar-refractivity contribution in [2.24, 2.45) is 0 Å². The minimum Gasteiger partial charge on any atom is -0.495 e. The summed E-state index contributed by atoms with van der Waals surface area (Å²) < 4.78 is 5.24. The summed E-state index contributed by atoms with van der Waals surface area (Å²) in [6.45, 7) is 4.93. The zero-order valence-corrected chi connectivity index (χ0v) is 16.6. The van der Waals surface area contributed by atoms with Crippen LogP contribution in [0.4, 0.5) is 16.2 Å². The lowest BCUT2D eigenvalue weighted by Crippen LogP contribution is -2.31. The molecule has 0 saturated heterocycles. The molecule has 0 fully saturated rings. The predicted molar refractivity (Wildman–Crippen MR) is 111 cm³/mol. The fourth-order valence-electron chi connectivity index (χ4n) is 3.48. The summed E-state index contributed by atoms with van der Waals surface area (Å²) in [6, 6.07) is 11.5. The van der Waals surface area contributed by atoms with Crippen LogP contribution in [0.3, 0.4) is 0 Å². The Balaban J connectivity index is 1.54. The molecule has 2 aromatic rings. The summed E-state index contributed by atoms with van der Waals surface area (Å²) in [5.74, 6) is 0.574. The number of fused-ring (bicyclic) bond motifs is 1. The van der Waals surface area contributed by atoms with Crippen molar-refractivity contribution in [1.82, 2.24) is 5.32 Å². The molecule has 0 atom stereocenters. The molecule has 1 aliphatic heterocycles. The van der Waals surface area contributed by atoms with Gasteiger partial charge >= 0.3 is 6.03 Å². The Labute approximate surface area is 165 Å². The molecule has 1 aliphatic rings. The Morgan fingerprint density at radius 3 is 2.89 bits per heavy atom. The lowest BCUT2D eigenvalue weighted by Gasteiger charge is -2.30. The number of nitrogens with zero attached hydrogens (tertiary/aromatic N) is 1. The van der Waals surface area contributed by atoms with Gasteiger partial charge in [0.2, 0.25) is 0 Å². The molecule has 144 valence electrons. The SMILES string of the molecule is CCN1CCCc2cc(CCNC(=O)Nc3cc(Cl)ccc3OC)ccc21. The van der Waals surface area contributed by atoms with Crippen LogP contribution in [0.25, 0.3) is 0 Å². The molecule has 0 spiro atoms. The van der Waals surface area contributed by atoms with Gasteiger partial charge in [0.15, 0.2) is 0 Å². The van der Waals surface area contributed by atoms with Gasteiger partial charge in [-0.3, -0.25) is 0 Å². The second-order valence-electron chi connectivity index (χ2n) is 6.62. The van der Waals surface area contributed by atoms with Crippen molar-refractivity contribution in [3.8, 4) is 5.75 Å². The Morgan fingerprint density at radius 2 is 2.11 bits per heavy atom. The van der Waals surface area contributed by atoms with Gasteiger partial charge in [0.05, 0.1) is 12.8 Å². The van der Waals surface area contributed by atoms with Crippen molar-refractivity contribution in [2.45, 2.75) is 26.2 Å². The molecule has 2 N–H and O–H groups in total. The summed E-state index contributed by atoms with van der Waals surface area (Å²) in [4.78, 5) is 14.6. The van der Waals surface area contributed by atoms with Crippen molar-refractivity contribution >= 4 is 29.0 Å². The van der Waals surface area contributed by atoms with Gasteiger partial charge in [-0.2, -0.15) is 0 Å². The minimum absolute atomic E-state index is 0.273.